The van der Waals surface area contributed by atoms with Gasteiger partial charge in [0.05, 0.1) is 0 Å². The first kappa shape index (κ1) is 24.7. The van der Waals surface area contributed by atoms with Crippen molar-refractivity contribution in [3.8, 4) is 5.75 Å². The molecule has 0 unspecified atom stereocenters. The number of fused-ring (bicyclic) bond motifs is 1. The Hall–Kier alpha value is -4.95. The van der Waals surface area contributed by atoms with Gasteiger partial charge in [0, 0.05) is 22.3 Å². The summed E-state index contributed by atoms with van der Waals surface area (Å²) < 4.78 is 11.4. The van der Waals surface area contributed by atoms with Crippen molar-refractivity contribution < 1.29 is 18.7 Å². The van der Waals surface area contributed by atoms with Crippen molar-refractivity contribution in [2.75, 3.05) is 10.6 Å². The molecule has 0 fully saturated rings. The Bertz CT molecular complexity index is 1560. The van der Waals surface area contributed by atoms with Gasteiger partial charge in [-0.1, -0.05) is 54.6 Å². The molecule has 4 aromatic carbocycles. The molecule has 0 aliphatic carbocycles. The standard InChI is InChI=1S/C30H23N3O4S/c34-28(21-13-15-25(16-14-21)36-19-20-7-2-1-3-8-20)33-30(38)32-24-11-6-10-23(18-24)31-29(35)27-17-22-9-4-5-12-26(22)37-27/h1-18H,19H2,(H,31,35)(H2,32,33,34,38). The summed E-state index contributed by atoms with van der Waals surface area (Å²) in [6, 6.07) is 32.8. The molecule has 1 aromatic heterocycles. The number of hydrogen-bond acceptors (Lipinski definition) is 5. The van der Waals surface area contributed by atoms with Gasteiger partial charge < -0.3 is 19.8 Å². The minimum atomic E-state index is -0.370. The summed E-state index contributed by atoms with van der Waals surface area (Å²) in [5.74, 6) is 0.147. The molecule has 1 heterocycles. The van der Waals surface area contributed by atoms with Crippen molar-refractivity contribution in [2.45, 2.75) is 6.61 Å². The highest BCUT2D eigenvalue weighted by molar-refractivity contribution is 7.80. The van der Waals surface area contributed by atoms with Crippen molar-refractivity contribution in [1.29, 1.82) is 0 Å². The van der Waals surface area contributed by atoms with Crippen LogP contribution in [0.15, 0.2) is 114 Å². The lowest BCUT2D eigenvalue weighted by molar-refractivity contribution is 0.0975. The van der Waals surface area contributed by atoms with Crippen molar-refractivity contribution in [1.82, 2.24) is 5.32 Å². The first-order chi connectivity index (χ1) is 18.5. The van der Waals surface area contributed by atoms with Crippen LogP contribution >= 0.6 is 12.2 Å². The Morgan fingerprint density at radius 3 is 2.21 bits per heavy atom. The number of amides is 2. The second-order valence-electron chi connectivity index (χ2n) is 8.39. The van der Waals surface area contributed by atoms with Gasteiger partial charge in [-0.15, -0.1) is 0 Å². The maximum Gasteiger partial charge on any atom is 0.291 e. The Labute approximate surface area is 224 Å². The van der Waals surface area contributed by atoms with Crippen molar-refractivity contribution in [3.63, 3.8) is 0 Å². The van der Waals surface area contributed by atoms with E-state index in [1.54, 1.807) is 60.7 Å². The van der Waals surface area contributed by atoms with E-state index in [2.05, 4.69) is 16.0 Å². The quantitative estimate of drug-likeness (QED) is 0.215. The van der Waals surface area contributed by atoms with Crippen LogP contribution in [0.3, 0.4) is 0 Å². The van der Waals surface area contributed by atoms with Gasteiger partial charge in [-0.3, -0.25) is 14.9 Å². The molecule has 5 aromatic rings. The number of ether oxygens (including phenoxy) is 1. The topological polar surface area (TPSA) is 92.6 Å². The molecule has 38 heavy (non-hydrogen) atoms. The van der Waals surface area contributed by atoms with Gasteiger partial charge >= 0.3 is 0 Å². The van der Waals surface area contributed by atoms with Crippen LogP contribution in [0.1, 0.15) is 26.5 Å². The highest BCUT2D eigenvalue weighted by Crippen LogP contribution is 2.21. The van der Waals surface area contributed by atoms with Gasteiger partial charge in [-0.05, 0) is 72.4 Å². The number of carbonyl (C=O) groups is 2. The van der Waals surface area contributed by atoms with Crippen molar-refractivity contribution in [2.24, 2.45) is 0 Å². The lowest BCUT2D eigenvalue weighted by atomic mass is 10.2. The Kier molecular flexibility index (Phi) is 7.42. The first-order valence-electron chi connectivity index (χ1n) is 11.8. The number of hydrogen-bond donors (Lipinski definition) is 3. The van der Waals surface area contributed by atoms with E-state index in [-0.39, 0.29) is 22.7 Å². The fourth-order valence-corrected chi connectivity index (χ4v) is 3.95. The lowest BCUT2D eigenvalue weighted by Crippen LogP contribution is -2.34. The maximum atomic E-state index is 12.6. The van der Waals surface area contributed by atoms with Crippen LogP contribution in [0.2, 0.25) is 0 Å². The van der Waals surface area contributed by atoms with E-state index in [1.165, 1.54) is 0 Å². The van der Waals surface area contributed by atoms with Gasteiger partial charge in [-0.25, -0.2) is 0 Å². The zero-order chi connectivity index (χ0) is 26.3. The van der Waals surface area contributed by atoms with E-state index in [1.807, 2.05) is 48.5 Å². The minimum Gasteiger partial charge on any atom is -0.489 e. The molecule has 5 rings (SSSR count). The Balaban J connectivity index is 1.14. The maximum absolute atomic E-state index is 12.6. The predicted molar refractivity (Wildman–Crippen MR) is 152 cm³/mol. The molecule has 0 saturated carbocycles. The van der Waals surface area contributed by atoms with E-state index >= 15 is 0 Å². The third kappa shape index (κ3) is 6.24. The second kappa shape index (κ2) is 11.4. The molecule has 188 valence electrons. The largest absolute Gasteiger partial charge is 0.489 e. The number of carbonyl (C=O) groups excluding carboxylic acids is 2. The highest BCUT2D eigenvalue weighted by Gasteiger charge is 2.13. The van der Waals surface area contributed by atoms with Crippen LogP contribution in [0.5, 0.6) is 5.75 Å². The summed E-state index contributed by atoms with van der Waals surface area (Å²) in [5, 5.41) is 9.41. The van der Waals surface area contributed by atoms with E-state index in [9.17, 15) is 9.59 Å². The zero-order valence-electron chi connectivity index (χ0n) is 20.1. The van der Waals surface area contributed by atoms with Crippen LogP contribution in [0, 0.1) is 0 Å². The molecular formula is C30H23N3O4S. The smallest absolute Gasteiger partial charge is 0.291 e. The third-order valence-corrected chi connectivity index (χ3v) is 5.82. The van der Waals surface area contributed by atoms with Gasteiger partial charge in [-0.2, -0.15) is 0 Å². The summed E-state index contributed by atoms with van der Waals surface area (Å²) in [7, 11) is 0. The molecule has 0 spiro atoms. The SMILES string of the molecule is O=C(NC(=S)Nc1cccc(NC(=O)c2cc3ccccc3o2)c1)c1ccc(OCc2ccccc2)cc1. The molecule has 0 atom stereocenters. The second-order valence-corrected chi connectivity index (χ2v) is 8.80. The molecule has 0 radical (unpaired) electrons. The van der Waals surface area contributed by atoms with Crippen molar-refractivity contribution >= 4 is 51.5 Å². The average molecular weight is 522 g/mol. The Morgan fingerprint density at radius 1 is 0.737 bits per heavy atom. The van der Waals surface area contributed by atoms with E-state index in [0.29, 0.717) is 34.9 Å². The van der Waals surface area contributed by atoms with Crippen LogP contribution in [0.4, 0.5) is 11.4 Å². The number of thiocarbonyl (C=S) groups is 1. The molecule has 0 saturated heterocycles. The number of para-hydroxylation sites is 1. The molecular weight excluding hydrogens is 498 g/mol. The van der Waals surface area contributed by atoms with Gasteiger partial charge in [0.15, 0.2) is 10.9 Å². The van der Waals surface area contributed by atoms with Gasteiger partial charge in [0.2, 0.25) is 0 Å². The number of benzene rings is 4. The first-order valence-corrected chi connectivity index (χ1v) is 12.2. The number of anilines is 2. The fraction of sp³-hybridized carbons (Fsp3) is 0.0333. The molecule has 0 aliphatic heterocycles. The summed E-state index contributed by atoms with van der Waals surface area (Å²) >= 11 is 5.31. The van der Waals surface area contributed by atoms with Gasteiger partial charge in [0.25, 0.3) is 11.8 Å². The number of nitrogens with one attached hydrogen (secondary N) is 3. The molecule has 2 amide bonds. The van der Waals surface area contributed by atoms with Gasteiger partial charge in [0.1, 0.15) is 17.9 Å². The lowest BCUT2D eigenvalue weighted by Gasteiger charge is -2.12. The number of furan rings is 1. The zero-order valence-corrected chi connectivity index (χ0v) is 21.0. The average Bonchev–Trinajstić information content (AvgIpc) is 3.38. The van der Waals surface area contributed by atoms with Crippen LogP contribution in [-0.2, 0) is 6.61 Å². The minimum absolute atomic E-state index is 0.125. The summed E-state index contributed by atoms with van der Waals surface area (Å²) in [5.41, 5.74) is 3.28. The number of rotatable bonds is 7. The summed E-state index contributed by atoms with van der Waals surface area (Å²) in [6.45, 7) is 0.443. The summed E-state index contributed by atoms with van der Waals surface area (Å²) in [6.07, 6.45) is 0. The molecule has 0 aliphatic rings. The van der Waals surface area contributed by atoms with E-state index in [0.717, 1.165) is 10.9 Å². The molecule has 8 heteroatoms. The third-order valence-electron chi connectivity index (χ3n) is 5.62. The van der Waals surface area contributed by atoms with E-state index in [4.69, 9.17) is 21.4 Å². The fourth-order valence-electron chi connectivity index (χ4n) is 3.74. The summed E-state index contributed by atoms with van der Waals surface area (Å²) in [4.78, 5) is 25.3. The van der Waals surface area contributed by atoms with Crippen LogP contribution < -0.4 is 20.7 Å². The monoisotopic (exact) mass is 521 g/mol. The molecule has 3 N–H and O–H groups in total. The predicted octanol–water partition coefficient (Wildman–Crippen LogP) is 6.39. The normalized spacial score (nSPS) is 10.5. The van der Waals surface area contributed by atoms with E-state index < -0.39 is 0 Å². The molecule has 0 bridgehead atoms. The molecule has 7 nitrogen and oxygen atoms in total. The highest BCUT2D eigenvalue weighted by atomic mass is 32.1. The van der Waals surface area contributed by atoms with Crippen LogP contribution in [0.25, 0.3) is 11.0 Å². The van der Waals surface area contributed by atoms with Crippen molar-refractivity contribution in [3.05, 3.63) is 126 Å². The Morgan fingerprint density at radius 2 is 1.45 bits per heavy atom. The van der Waals surface area contributed by atoms with Crippen LogP contribution in [-0.4, -0.2) is 16.9 Å².